The number of hydrogen-bond acceptors (Lipinski definition) is 4. The first-order valence-corrected chi connectivity index (χ1v) is 11.7. The van der Waals surface area contributed by atoms with E-state index < -0.39 is 9.84 Å². The van der Waals surface area contributed by atoms with Gasteiger partial charge in [-0.1, -0.05) is 24.3 Å². The van der Waals surface area contributed by atoms with Crippen molar-refractivity contribution in [3.63, 3.8) is 0 Å². The van der Waals surface area contributed by atoms with E-state index in [1.54, 1.807) is 13.2 Å². The molecule has 0 amide bonds. The fourth-order valence-electron chi connectivity index (χ4n) is 3.07. The van der Waals surface area contributed by atoms with Crippen LogP contribution in [-0.2, 0) is 22.8 Å². The summed E-state index contributed by atoms with van der Waals surface area (Å²) in [6.07, 6.45) is 3.15. The number of methoxy groups -OCH3 is 1. The number of guanidine groups is 1. The van der Waals surface area contributed by atoms with Gasteiger partial charge in [0.1, 0.15) is 5.75 Å². The van der Waals surface area contributed by atoms with Crippen molar-refractivity contribution >= 4 is 39.8 Å². The van der Waals surface area contributed by atoms with E-state index in [4.69, 9.17) is 4.74 Å². The van der Waals surface area contributed by atoms with Gasteiger partial charge in [0.25, 0.3) is 0 Å². The molecule has 0 saturated carbocycles. The third-order valence-electron chi connectivity index (χ3n) is 4.47. The van der Waals surface area contributed by atoms with Crippen molar-refractivity contribution in [2.45, 2.75) is 38.1 Å². The molecule has 0 aliphatic rings. The van der Waals surface area contributed by atoms with Gasteiger partial charge < -0.3 is 15.4 Å². The summed E-state index contributed by atoms with van der Waals surface area (Å²) in [6, 6.07) is 13.5. The van der Waals surface area contributed by atoms with Crippen LogP contribution in [0.25, 0.3) is 0 Å². The maximum Gasteiger partial charge on any atom is 0.191 e. The lowest BCUT2D eigenvalue weighted by atomic mass is 10.1. The van der Waals surface area contributed by atoms with Crippen molar-refractivity contribution in [2.24, 2.45) is 4.99 Å². The fraction of sp³-hybridized carbons (Fsp3) is 0.409. The van der Waals surface area contributed by atoms with Crippen LogP contribution >= 0.6 is 24.0 Å². The lowest BCUT2D eigenvalue weighted by Crippen LogP contribution is -2.37. The van der Waals surface area contributed by atoms with Crippen LogP contribution < -0.4 is 15.4 Å². The van der Waals surface area contributed by atoms with E-state index in [2.05, 4.69) is 27.8 Å². The standard InChI is InChI=1S/C22H31N3O3S.HI/c1-5-23-22(24-13-7-9-18-8-6-10-20(15-18)28-3)25-16-19-11-12-21(17(2)14-19)29(4,26)27;/h6,8,10-12,14-15H,5,7,9,13,16H2,1-4H3,(H2,23,24,25);1H. The zero-order valence-electron chi connectivity index (χ0n) is 18.1. The Hall–Kier alpha value is -1.81. The molecule has 0 bridgehead atoms. The Labute approximate surface area is 197 Å². The first kappa shape index (κ1) is 26.2. The van der Waals surface area contributed by atoms with Crippen LogP contribution in [0.5, 0.6) is 5.75 Å². The maximum atomic E-state index is 11.7. The molecule has 0 radical (unpaired) electrons. The normalized spacial score (nSPS) is 11.5. The Kier molecular flexibility index (Phi) is 11.2. The zero-order valence-corrected chi connectivity index (χ0v) is 21.2. The van der Waals surface area contributed by atoms with E-state index in [9.17, 15) is 8.42 Å². The average Bonchev–Trinajstić information content (AvgIpc) is 2.68. The number of rotatable bonds is 9. The lowest BCUT2D eigenvalue weighted by Gasteiger charge is -2.12. The number of benzene rings is 2. The fourth-order valence-corrected chi connectivity index (χ4v) is 4.02. The highest BCUT2D eigenvalue weighted by atomic mass is 127. The number of hydrogen-bond donors (Lipinski definition) is 2. The van der Waals surface area contributed by atoms with Gasteiger partial charge in [-0.3, -0.25) is 0 Å². The molecule has 0 fully saturated rings. The molecule has 0 atom stereocenters. The highest BCUT2D eigenvalue weighted by Gasteiger charge is 2.10. The van der Waals surface area contributed by atoms with Gasteiger partial charge in [-0.05, 0) is 61.6 Å². The molecule has 0 aromatic heterocycles. The Morgan fingerprint density at radius 1 is 1.10 bits per heavy atom. The number of ether oxygens (including phenoxy) is 1. The summed E-state index contributed by atoms with van der Waals surface area (Å²) < 4.78 is 28.8. The minimum Gasteiger partial charge on any atom is -0.497 e. The van der Waals surface area contributed by atoms with Gasteiger partial charge in [0.2, 0.25) is 0 Å². The number of nitrogens with zero attached hydrogens (tertiary/aromatic N) is 1. The molecule has 2 rings (SSSR count). The van der Waals surface area contributed by atoms with Crippen LogP contribution in [0.3, 0.4) is 0 Å². The Balaban J connectivity index is 0.00000450. The first-order chi connectivity index (χ1) is 13.8. The van der Waals surface area contributed by atoms with E-state index in [1.807, 2.05) is 38.1 Å². The van der Waals surface area contributed by atoms with E-state index >= 15 is 0 Å². The van der Waals surface area contributed by atoms with Crippen molar-refractivity contribution in [1.29, 1.82) is 0 Å². The number of aryl methyl sites for hydroxylation is 2. The van der Waals surface area contributed by atoms with Crippen molar-refractivity contribution < 1.29 is 13.2 Å². The Bertz CT molecular complexity index is 946. The van der Waals surface area contributed by atoms with Gasteiger partial charge in [0.15, 0.2) is 15.8 Å². The molecule has 0 aliphatic carbocycles. The molecule has 0 spiro atoms. The number of aliphatic imine (C=N–C) groups is 1. The van der Waals surface area contributed by atoms with E-state index in [-0.39, 0.29) is 24.0 Å². The second-order valence-corrected chi connectivity index (χ2v) is 8.93. The smallest absolute Gasteiger partial charge is 0.191 e. The summed E-state index contributed by atoms with van der Waals surface area (Å²) in [5.74, 6) is 1.63. The topological polar surface area (TPSA) is 79.8 Å². The van der Waals surface area contributed by atoms with E-state index in [0.29, 0.717) is 11.4 Å². The molecular formula is C22H32IN3O3S. The van der Waals surface area contributed by atoms with Crippen LogP contribution in [-0.4, -0.2) is 40.8 Å². The van der Waals surface area contributed by atoms with Crippen molar-refractivity contribution in [3.8, 4) is 5.75 Å². The molecule has 0 unspecified atom stereocenters. The van der Waals surface area contributed by atoms with Gasteiger partial charge in [0.05, 0.1) is 18.6 Å². The van der Waals surface area contributed by atoms with E-state index in [0.717, 1.165) is 48.8 Å². The maximum absolute atomic E-state index is 11.7. The molecule has 0 saturated heterocycles. The SMILES string of the molecule is CCNC(=NCc1ccc(S(C)(=O)=O)c(C)c1)NCCCc1cccc(OC)c1.I. The van der Waals surface area contributed by atoms with Gasteiger partial charge in [0, 0.05) is 19.3 Å². The molecule has 2 aromatic carbocycles. The van der Waals surface area contributed by atoms with Crippen molar-refractivity contribution in [3.05, 3.63) is 59.2 Å². The highest BCUT2D eigenvalue weighted by Crippen LogP contribution is 2.17. The molecule has 166 valence electrons. The van der Waals surface area contributed by atoms with Gasteiger partial charge >= 0.3 is 0 Å². The summed E-state index contributed by atoms with van der Waals surface area (Å²) in [6.45, 7) is 5.89. The van der Waals surface area contributed by atoms with Crippen LogP contribution in [0.1, 0.15) is 30.0 Å². The van der Waals surface area contributed by atoms with Gasteiger partial charge in [-0.25, -0.2) is 13.4 Å². The minimum atomic E-state index is -3.20. The number of nitrogens with one attached hydrogen (secondary N) is 2. The second kappa shape index (κ2) is 12.8. The third kappa shape index (κ3) is 8.51. The van der Waals surface area contributed by atoms with E-state index in [1.165, 1.54) is 11.8 Å². The van der Waals surface area contributed by atoms with Gasteiger partial charge in [-0.2, -0.15) is 0 Å². The quantitative estimate of drug-likeness (QED) is 0.218. The lowest BCUT2D eigenvalue weighted by molar-refractivity contribution is 0.414. The zero-order chi connectivity index (χ0) is 21.3. The molecule has 2 N–H and O–H groups in total. The number of halogens is 1. The van der Waals surface area contributed by atoms with Crippen LogP contribution in [0.4, 0.5) is 0 Å². The van der Waals surface area contributed by atoms with Crippen LogP contribution in [0, 0.1) is 6.92 Å². The largest absolute Gasteiger partial charge is 0.497 e. The van der Waals surface area contributed by atoms with Gasteiger partial charge in [-0.15, -0.1) is 24.0 Å². The predicted molar refractivity (Wildman–Crippen MR) is 134 cm³/mol. The van der Waals surface area contributed by atoms with Crippen molar-refractivity contribution in [2.75, 3.05) is 26.5 Å². The molecule has 0 heterocycles. The summed E-state index contributed by atoms with van der Waals surface area (Å²) in [4.78, 5) is 4.98. The summed E-state index contributed by atoms with van der Waals surface area (Å²) >= 11 is 0. The second-order valence-electron chi connectivity index (χ2n) is 6.95. The molecule has 8 heteroatoms. The average molecular weight is 545 g/mol. The molecule has 30 heavy (non-hydrogen) atoms. The third-order valence-corrected chi connectivity index (χ3v) is 5.73. The Morgan fingerprint density at radius 2 is 1.87 bits per heavy atom. The molecule has 6 nitrogen and oxygen atoms in total. The number of sulfone groups is 1. The highest BCUT2D eigenvalue weighted by molar-refractivity contribution is 14.0. The van der Waals surface area contributed by atoms with Crippen molar-refractivity contribution in [1.82, 2.24) is 10.6 Å². The van der Waals surface area contributed by atoms with Crippen LogP contribution in [0.2, 0.25) is 0 Å². The molecule has 0 aliphatic heterocycles. The summed E-state index contributed by atoms with van der Waals surface area (Å²) in [5, 5.41) is 6.59. The minimum absolute atomic E-state index is 0. The predicted octanol–water partition coefficient (Wildman–Crippen LogP) is 3.71. The first-order valence-electron chi connectivity index (χ1n) is 9.78. The Morgan fingerprint density at radius 3 is 2.50 bits per heavy atom. The molecular weight excluding hydrogens is 513 g/mol. The monoisotopic (exact) mass is 545 g/mol. The van der Waals surface area contributed by atoms with Crippen LogP contribution in [0.15, 0.2) is 52.4 Å². The summed E-state index contributed by atoms with van der Waals surface area (Å²) in [5.41, 5.74) is 2.97. The molecule has 2 aromatic rings. The summed E-state index contributed by atoms with van der Waals surface area (Å²) in [7, 11) is -1.52.